The first-order valence-electron chi connectivity index (χ1n) is 22.1. The van der Waals surface area contributed by atoms with E-state index in [2.05, 4.69) is 42.7 Å². The van der Waals surface area contributed by atoms with Crippen molar-refractivity contribution in [1.29, 1.82) is 0 Å². The lowest BCUT2D eigenvalue weighted by Crippen LogP contribution is -2.30. The van der Waals surface area contributed by atoms with E-state index < -0.39 is 70.6 Å². The SMILES string of the molecule is CCCCC/C=C\C/C=C\CCCCCCCCCC(=O)O[C@H](COC(=O)CCC[C@@H](O)/C=C/C=C\C/C=C\C=C\[C@@H](O)CCCCC)COP(=O)(O)OC[C@@H](O)CO. The Morgan fingerprint density at radius 2 is 1.08 bits per heavy atom. The molecule has 0 rings (SSSR count). The number of esters is 2. The minimum atomic E-state index is -4.68. The molecule has 0 aliphatic heterocycles. The maximum Gasteiger partial charge on any atom is 0.472 e. The predicted molar refractivity (Wildman–Crippen MR) is 235 cm³/mol. The summed E-state index contributed by atoms with van der Waals surface area (Å²) in [5.41, 5.74) is 0. The van der Waals surface area contributed by atoms with Gasteiger partial charge in [0, 0.05) is 12.8 Å². The van der Waals surface area contributed by atoms with Gasteiger partial charge in [0.05, 0.1) is 32.0 Å². The van der Waals surface area contributed by atoms with Crippen LogP contribution < -0.4 is 0 Å². The Kier molecular flexibility index (Phi) is 38.9. The number of hydrogen-bond donors (Lipinski definition) is 5. The lowest BCUT2D eigenvalue weighted by molar-refractivity contribution is -0.161. The third-order valence-corrected chi connectivity index (χ3v) is 9.99. The quantitative estimate of drug-likeness (QED) is 0.0129. The van der Waals surface area contributed by atoms with Gasteiger partial charge in [-0.3, -0.25) is 18.6 Å². The Labute approximate surface area is 355 Å². The standard InChI is InChI=1S/C46H79O12P/c1-3-5-7-8-9-10-11-12-13-14-15-16-17-18-22-25-29-35-46(52)58-44(40-57-59(53,54)56-38-43(50)37-47)39-55-45(51)36-30-34-42(49)33-28-24-21-19-20-23-27-32-41(48)31-26-6-4-2/h9-10,12-13,20-21,23-24,27-28,32-33,41-44,47-50H,3-8,11,14-19,22,25-26,29-31,34-40H2,1-2H3,(H,53,54)/b10-9-,13-12-,23-20-,24-21-,32-27+,33-28+/t41-,42-,43-,44+/m0/s1. The van der Waals surface area contributed by atoms with Gasteiger partial charge in [0.2, 0.25) is 0 Å². The predicted octanol–water partition coefficient (Wildman–Crippen LogP) is 9.61. The highest BCUT2D eigenvalue weighted by Crippen LogP contribution is 2.43. The summed E-state index contributed by atoms with van der Waals surface area (Å²) < 4.78 is 32.5. The van der Waals surface area contributed by atoms with Gasteiger partial charge in [0.1, 0.15) is 12.7 Å². The van der Waals surface area contributed by atoms with E-state index in [1.807, 2.05) is 30.4 Å². The van der Waals surface area contributed by atoms with E-state index in [4.69, 9.17) is 19.1 Å². The topological polar surface area (TPSA) is 189 Å². The minimum Gasteiger partial charge on any atom is -0.462 e. The molecule has 0 saturated heterocycles. The lowest BCUT2D eigenvalue weighted by Gasteiger charge is -2.20. The number of aliphatic hydroxyl groups is 4. The Morgan fingerprint density at radius 1 is 0.576 bits per heavy atom. The van der Waals surface area contributed by atoms with Gasteiger partial charge >= 0.3 is 19.8 Å². The fraction of sp³-hybridized carbons (Fsp3) is 0.696. The second kappa shape index (κ2) is 40.7. The highest BCUT2D eigenvalue weighted by molar-refractivity contribution is 7.47. The Morgan fingerprint density at radius 3 is 1.69 bits per heavy atom. The molecule has 0 aromatic carbocycles. The molecule has 0 aliphatic rings. The van der Waals surface area contributed by atoms with Crippen molar-refractivity contribution < 1.29 is 58.0 Å². The third kappa shape index (κ3) is 40.5. The van der Waals surface area contributed by atoms with Crippen LogP contribution in [0, 0.1) is 0 Å². The normalized spacial score (nSPS) is 15.6. The second-order valence-electron chi connectivity index (χ2n) is 14.8. The summed E-state index contributed by atoms with van der Waals surface area (Å²) in [4.78, 5) is 35.0. The van der Waals surface area contributed by atoms with Crippen molar-refractivity contribution in [2.45, 2.75) is 180 Å². The third-order valence-electron chi connectivity index (χ3n) is 9.04. The molecule has 5 atom stereocenters. The van der Waals surface area contributed by atoms with Crippen molar-refractivity contribution in [3.63, 3.8) is 0 Å². The summed E-state index contributed by atoms with van der Waals surface area (Å²) in [7, 11) is -4.68. The van der Waals surface area contributed by atoms with Crippen molar-refractivity contribution in [2.24, 2.45) is 0 Å². The highest BCUT2D eigenvalue weighted by atomic mass is 31.2. The summed E-state index contributed by atoms with van der Waals surface area (Å²) in [5, 5.41) is 38.5. The molecule has 0 heterocycles. The van der Waals surface area contributed by atoms with E-state index in [1.165, 1.54) is 25.7 Å². The number of phosphoric acid groups is 1. The monoisotopic (exact) mass is 855 g/mol. The van der Waals surface area contributed by atoms with Gasteiger partial charge in [-0.25, -0.2) is 4.57 Å². The molecule has 0 aliphatic carbocycles. The zero-order chi connectivity index (χ0) is 43.7. The molecule has 13 heteroatoms. The number of rotatable bonds is 40. The maximum atomic E-state index is 12.6. The lowest BCUT2D eigenvalue weighted by atomic mass is 10.1. The van der Waals surface area contributed by atoms with E-state index in [0.29, 0.717) is 25.7 Å². The number of unbranched alkanes of at least 4 members (excludes halogenated alkanes) is 12. The first-order chi connectivity index (χ1) is 28.5. The Bertz CT molecular complexity index is 1240. The van der Waals surface area contributed by atoms with E-state index in [1.54, 1.807) is 18.2 Å². The summed E-state index contributed by atoms with van der Waals surface area (Å²) in [6.45, 7) is 1.97. The molecule has 0 amide bonds. The molecule has 1 unspecified atom stereocenters. The first-order valence-corrected chi connectivity index (χ1v) is 23.6. The van der Waals surface area contributed by atoms with Gasteiger partial charge in [-0.15, -0.1) is 0 Å². The number of carbonyl (C=O) groups excluding carboxylic acids is 2. The molecule has 0 saturated carbocycles. The average Bonchev–Trinajstić information content (AvgIpc) is 3.21. The summed E-state index contributed by atoms with van der Waals surface area (Å²) in [6, 6.07) is 0. The second-order valence-corrected chi connectivity index (χ2v) is 16.2. The first kappa shape index (κ1) is 56.3. The number of phosphoric ester groups is 1. The Balaban J connectivity index is 4.54. The largest absolute Gasteiger partial charge is 0.472 e. The fourth-order valence-corrected chi connectivity index (χ4v) is 6.32. The number of allylic oxidation sites excluding steroid dienone is 10. The van der Waals surface area contributed by atoms with Crippen LogP contribution in [0.25, 0.3) is 0 Å². The van der Waals surface area contributed by atoms with Gasteiger partial charge in [0.15, 0.2) is 6.10 Å². The fourth-order valence-electron chi connectivity index (χ4n) is 5.53. The molecule has 5 N–H and O–H groups in total. The van der Waals surface area contributed by atoms with Crippen LogP contribution in [-0.4, -0.2) is 88.1 Å². The van der Waals surface area contributed by atoms with Crippen LogP contribution in [0.15, 0.2) is 72.9 Å². The molecule has 0 bridgehead atoms. The molecule has 0 aromatic heterocycles. The van der Waals surface area contributed by atoms with Crippen molar-refractivity contribution in [2.75, 3.05) is 26.4 Å². The van der Waals surface area contributed by atoms with Crippen LogP contribution in [0.3, 0.4) is 0 Å². The maximum absolute atomic E-state index is 12.6. The van der Waals surface area contributed by atoms with Crippen LogP contribution in [0.5, 0.6) is 0 Å². The van der Waals surface area contributed by atoms with Crippen LogP contribution in [0.2, 0.25) is 0 Å². The zero-order valence-corrected chi connectivity index (χ0v) is 37.1. The van der Waals surface area contributed by atoms with Gasteiger partial charge < -0.3 is 34.8 Å². The minimum absolute atomic E-state index is 0.0118. The molecule has 0 aromatic rings. The number of carbonyl (C=O) groups is 2. The van der Waals surface area contributed by atoms with E-state index in [0.717, 1.165) is 77.0 Å². The van der Waals surface area contributed by atoms with Crippen LogP contribution >= 0.6 is 7.82 Å². The van der Waals surface area contributed by atoms with E-state index in [9.17, 15) is 34.4 Å². The van der Waals surface area contributed by atoms with Crippen LogP contribution in [0.1, 0.15) is 155 Å². The van der Waals surface area contributed by atoms with E-state index >= 15 is 0 Å². The van der Waals surface area contributed by atoms with Crippen LogP contribution in [0.4, 0.5) is 0 Å². The molecule has 0 radical (unpaired) electrons. The highest BCUT2D eigenvalue weighted by Gasteiger charge is 2.27. The molecule has 12 nitrogen and oxygen atoms in total. The van der Waals surface area contributed by atoms with Gasteiger partial charge in [-0.2, -0.15) is 0 Å². The number of aliphatic hydroxyl groups excluding tert-OH is 4. The molecule has 59 heavy (non-hydrogen) atoms. The van der Waals surface area contributed by atoms with Gasteiger partial charge in [-0.1, -0.05) is 151 Å². The zero-order valence-electron chi connectivity index (χ0n) is 36.2. The van der Waals surface area contributed by atoms with Crippen molar-refractivity contribution in [1.82, 2.24) is 0 Å². The molecular formula is C46H79O12P. The number of ether oxygens (including phenoxy) is 2. The smallest absolute Gasteiger partial charge is 0.462 e. The van der Waals surface area contributed by atoms with Gasteiger partial charge in [0.25, 0.3) is 0 Å². The van der Waals surface area contributed by atoms with Crippen molar-refractivity contribution >= 4 is 19.8 Å². The average molecular weight is 855 g/mol. The van der Waals surface area contributed by atoms with Gasteiger partial charge in [-0.05, 0) is 64.2 Å². The molecule has 340 valence electrons. The van der Waals surface area contributed by atoms with Crippen molar-refractivity contribution in [3.8, 4) is 0 Å². The molecular weight excluding hydrogens is 775 g/mol. The summed E-state index contributed by atoms with van der Waals surface area (Å²) in [5.74, 6) is -1.17. The summed E-state index contributed by atoms with van der Waals surface area (Å²) in [6.07, 6.45) is 39.3. The van der Waals surface area contributed by atoms with Crippen molar-refractivity contribution in [3.05, 3.63) is 72.9 Å². The van der Waals surface area contributed by atoms with Crippen LogP contribution in [-0.2, 0) is 32.7 Å². The summed E-state index contributed by atoms with van der Waals surface area (Å²) >= 11 is 0. The number of hydrogen-bond acceptors (Lipinski definition) is 11. The Hall–Kier alpha value is -2.67. The molecule has 0 spiro atoms. The van der Waals surface area contributed by atoms with E-state index in [-0.39, 0.29) is 12.8 Å². The molecule has 0 fully saturated rings.